The Morgan fingerprint density at radius 3 is 2.21 bits per heavy atom. The highest BCUT2D eigenvalue weighted by atomic mass is 19.3. The Morgan fingerprint density at radius 1 is 0.895 bits per heavy atom. The summed E-state index contributed by atoms with van der Waals surface area (Å²) >= 11 is 0. The third kappa shape index (κ3) is 5.57. The second-order valence-electron chi connectivity index (χ2n) is 9.15. The van der Waals surface area contributed by atoms with Gasteiger partial charge in [0.15, 0.2) is 0 Å². The van der Waals surface area contributed by atoms with Crippen molar-refractivity contribution in [2.45, 2.75) is 12.5 Å². The molecule has 0 radical (unpaired) electrons. The third-order valence-corrected chi connectivity index (χ3v) is 6.62. The van der Waals surface area contributed by atoms with E-state index in [9.17, 15) is 22.9 Å². The number of nitrogens with zero attached hydrogens (tertiary/aromatic N) is 3. The molecule has 1 unspecified atom stereocenters. The molecule has 198 valence electrons. The van der Waals surface area contributed by atoms with Gasteiger partial charge in [0.1, 0.15) is 23.5 Å². The van der Waals surface area contributed by atoms with Crippen LogP contribution in [0.4, 0.5) is 13.3 Å². The molecule has 2 fully saturated rings. The Kier molecular flexibility index (Phi) is 7.45. The minimum absolute atomic E-state index is 0.0714. The molecule has 1 aromatic heterocycles. The smallest absolute Gasteiger partial charge is 0.270 e. The fraction of sp³-hybridized carbons (Fsp3) is 0.296. The molecule has 38 heavy (non-hydrogen) atoms. The molecule has 1 N–H and O–H groups in total. The van der Waals surface area contributed by atoms with Crippen molar-refractivity contribution in [3.63, 3.8) is 0 Å². The number of carbonyl (C=O) groups excluding carboxylic acids is 2. The molecule has 3 aromatic rings. The van der Waals surface area contributed by atoms with Crippen LogP contribution in [0.1, 0.15) is 27.1 Å². The van der Waals surface area contributed by atoms with Crippen molar-refractivity contribution in [3.05, 3.63) is 77.5 Å². The number of hydrogen-bond acceptors (Lipinski definition) is 6. The lowest BCUT2D eigenvalue weighted by Crippen LogP contribution is -2.50. The molecule has 11 heteroatoms. The van der Waals surface area contributed by atoms with Gasteiger partial charge in [0.25, 0.3) is 17.7 Å². The summed E-state index contributed by atoms with van der Waals surface area (Å²) in [6, 6.07) is 10.7. The predicted molar refractivity (Wildman–Crippen MR) is 131 cm³/mol. The van der Waals surface area contributed by atoms with E-state index < -0.39 is 11.6 Å². The van der Waals surface area contributed by atoms with E-state index in [4.69, 9.17) is 4.74 Å². The Labute approximate surface area is 216 Å². The van der Waals surface area contributed by atoms with Crippen molar-refractivity contribution in [3.8, 4) is 22.8 Å². The van der Waals surface area contributed by atoms with Crippen LogP contribution in [0, 0.1) is 11.6 Å². The summed E-state index contributed by atoms with van der Waals surface area (Å²) in [6.07, 6.45) is 1.94. The van der Waals surface area contributed by atoms with Gasteiger partial charge in [-0.25, -0.2) is 13.8 Å². The number of hydrogen-bond donors (Lipinski definition) is 1. The quantitative estimate of drug-likeness (QED) is 0.528. The third-order valence-electron chi connectivity index (χ3n) is 6.62. The van der Waals surface area contributed by atoms with Crippen LogP contribution in [-0.4, -0.2) is 72.0 Å². The highest BCUT2D eigenvalue weighted by molar-refractivity contribution is 5.97. The fourth-order valence-corrected chi connectivity index (χ4v) is 4.62. The van der Waals surface area contributed by atoms with Crippen molar-refractivity contribution in [2.24, 2.45) is 0 Å². The standard InChI is InChI=1S/C27H25F3N4O4/c28-20-3-1-17(2-4-20)24-13-19(15-32-25(24)38-30)27(36)34-9-7-33(8-10-34)26(35)18-11-21(29)14-23(12-18)37-22-5-6-31-16-22/h1-4,11-15,22,31H,5-10,16H2. The van der Waals surface area contributed by atoms with E-state index in [2.05, 4.69) is 15.2 Å². The highest BCUT2D eigenvalue weighted by Gasteiger charge is 2.27. The summed E-state index contributed by atoms with van der Waals surface area (Å²) in [7, 11) is 0. The molecule has 3 heterocycles. The number of ether oxygens (including phenoxy) is 1. The van der Waals surface area contributed by atoms with Gasteiger partial charge in [-0.3, -0.25) is 14.5 Å². The van der Waals surface area contributed by atoms with Crippen molar-refractivity contribution >= 4 is 11.8 Å². The number of halogens is 3. The maximum Gasteiger partial charge on any atom is 0.270 e. The van der Waals surface area contributed by atoms with E-state index in [-0.39, 0.29) is 66.7 Å². The van der Waals surface area contributed by atoms with Gasteiger partial charge in [-0.15, -0.1) is 0 Å². The summed E-state index contributed by atoms with van der Waals surface area (Å²) in [5, 5.41) is 3.17. The Bertz CT molecular complexity index is 1320. The van der Waals surface area contributed by atoms with Gasteiger partial charge in [-0.2, -0.15) is 0 Å². The molecule has 8 nitrogen and oxygen atoms in total. The SMILES string of the molecule is O=C(c1cc(F)cc(OC2CCNC2)c1)N1CCN(C(=O)c2cnc(OF)c(-c3ccc(F)cc3)c2)CC1. The van der Waals surface area contributed by atoms with E-state index >= 15 is 0 Å². The average Bonchev–Trinajstić information content (AvgIpc) is 3.45. The van der Waals surface area contributed by atoms with Gasteiger partial charge in [0.05, 0.1) is 5.56 Å². The molecule has 2 saturated heterocycles. The first-order chi connectivity index (χ1) is 18.4. The molecule has 2 aliphatic heterocycles. The average molecular weight is 527 g/mol. The molecule has 2 amide bonds. The Balaban J connectivity index is 1.25. The monoisotopic (exact) mass is 526 g/mol. The topological polar surface area (TPSA) is 84.0 Å². The van der Waals surface area contributed by atoms with Crippen molar-refractivity contribution < 1.29 is 32.6 Å². The zero-order chi connectivity index (χ0) is 26.6. The molecule has 2 aliphatic rings. The predicted octanol–water partition coefficient (Wildman–Crippen LogP) is 3.63. The van der Waals surface area contributed by atoms with E-state index in [0.29, 0.717) is 17.9 Å². The first-order valence-corrected chi connectivity index (χ1v) is 12.2. The minimum Gasteiger partial charge on any atom is -0.489 e. The van der Waals surface area contributed by atoms with Crippen LogP contribution < -0.4 is 15.0 Å². The summed E-state index contributed by atoms with van der Waals surface area (Å²) in [6.45, 7) is 2.46. The molecular weight excluding hydrogens is 501 g/mol. The number of benzene rings is 2. The van der Waals surface area contributed by atoms with Crippen LogP contribution in [0.15, 0.2) is 54.7 Å². The highest BCUT2D eigenvalue weighted by Crippen LogP contribution is 2.30. The molecule has 2 aromatic carbocycles. The van der Waals surface area contributed by atoms with E-state index in [0.717, 1.165) is 13.0 Å². The second-order valence-corrected chi connectivity index (χ2v) is 9.15. The first-order valence-electron chi connectivity index (χ1n) is 12.2. The van der Waals surface area contributed by atoms with Crippen LogP contribution in [0.25, 0.3) is 11.1 Å². The number of nitrogens with one attached hydrogen (secondary N) is 1. The van der Waals surface area contributed by atoms with Crippen molar-refractivity contribution in [2.75, 3.05) is 39.3 Å². The molecule has 0 bridgehead atoms. The number of aromatic nitrogens is 1. The summed E-state index contributed by atoms with van der Waals surface area (Å²) in [5.41, 5.74) is 1.00. The van der Waals surface area contributed by atoms with Crippen LogP contribution >= 0.6 is 0 Å². The molecule has 5 rings (SSSR count). The number of carbonyl (C=O) groups is 2. The van der Waals surface area contributed by atoms with Crippen molar-refractivity contribution in [1.82, 2.24) is 20.1 Å². The summed E-state index contributed by atoms with van der Waals surface area (Å²) < 4.78 is 46.4. The van der Waals surface area contributed by atoms with E-state index in [1.807, 2.05) is 0 Å². The minimum atomic E-state index is -0.559. The summed E-state index contributed by atoms with van der Waals surface area (Å²) in [5.74, 6) is -1.76. The van der Waals surface area contributed by atoms with Crippen LogP contribution in [-0.2, 0) is 0 Å². The van der Waals surface area contributed by atoms with Gasteiger partial charge >= 0.3 is 0 Å². The lowest BCUT2D eigenvalue weighted by molar-refractivity contribution is -0.0111. The van der Waals surface area contributed by atoms with Gasteiger partial charge in [-0.1, -0.05) is 12.1 Å². The molecule has 0 spiro atoms. The molecule has 1 atom stereocenters. The molecule has 0 aliphatic carbocycles. The van der Waals surface area contributed by atoms with Crippen LogP contribution in [0.3, 0.4) is 0 Å². The Hall–Kier alpha value is -4.12. The first kappa shape index (κ1) is 25.5. The number of piperazine rings is 1. The van der Waals surface area contributed by atoms with Gasteiger partial charge in [0.2, 0.25) is 0 Å². The number of amides is 2. The maximum absolute atomic E-state index is 14.2. The van der Waals surface area contributed by atoms with Crippen LogP contribution in [0.2, 0.25) is 0 Å². The Morgan fingerprint density at radius 2 is 1.58 bits per heavy atom. The number of pyridine rings is 1. The lowest BCUT2D eigenvalue weighted by atomic mass is 10.0. The van der Waals surface area contributed by atoms with Gasteiger partial charge < -0.3 is 19.9 Å². The number of rotatable bonds is 6. The molecule has 0 saturated carbocycles. The molecular formula is C27H25F3N4O4. The normalized spacial score (nSPS) is 17.4. The maximum atomic E-state index is 14.2. The largest absolute Gasteiger partial charge is 0.489 e. The lowest BCUT2D eigenvalue weighted by Gasteiger charge is -2.35. The fourth-order valence-electron chi connectivity index (χ4n) is 4.62. The second kappa shape index (κ2) is 11.1. The van der Waals surface area contributed by atoms with E-state index in [1.165, 1.54) is 48.7 Å². The zero-order valence-corrected chi connectivity index (χ0v) is 20.3. The zero-order valence-electron chi connectivity index (χ0n) is 20.3. The summed E-state index contributed by atoms with van der Waals surface area (Å²) in [4.78, 5) is 37.1. The van der Waals surface area contributed by atoms with E-state index in [1.54, 1.807) is 15.9 Å². The van der Waals surface area contributed by atoms with Crippen molar-refractivity contribution in [1.29, 1.82) is 0 Å². The van der Waals surface area contributed by atoms with Gasteiger partial charge in [0, 0.05) is 60.6 Å². The van der Waals surface area contributed by atoms with Gasteiger partial charge in [-0.05, 0) is 48.9 Å². The van der Waals surface area contributed by atoms with Crippen LogP contribution in [0.5, 0.6) is 11.6 Å².